The summed E-state index contributed by atoms with van der Waals surface area (Å²) in [4.78, 5) is 0. The summed E-state index contributed by atoms with van der Waals surface area (Å²) in [5, 5.41) is 0. The number of hydrogen-bond donors (Lipinski definition) is 0. The first-order valence-electron chi connectivity index (χ1n) is 5.93. The smallest absolute Gasteiger partial charge is 0.0614 e. The van der Waals surface area contributed by atoms with Gasteiger partial charge >= 0.3 is 0 Å². The summed E-state index contributed by atoms with van der Waals surface area (Å²) in [5.41, 5.74) is 0.653. The van der Waals surface area contributed by atoms with Crippen molar-refractivity contribution in [2.75, 3.05) is 0 Å². The van der Waals surface area contributed by atoms with Crippen LogP contribution in [0.2, 0.25) is 0 Å². The van der Waals surface area contributed by atoms with Crippen LogP contribution in [0.25, 0.3) is 0 Å². The molecule has 2 aliphatic heterocycles. The van der Waals surface area contributed by atoms with Crippen molar-refractivity contribution >= 4 is 0 Å². The molecule has 0 aromatic carbocycles. The Labute approximate surface area is 80.8 Å². The van der Waals surface area contributed by atoms with E-state index in [4.69, 9.17) is 4.74 Å². The van der Waals surface area contributed by atoms with E-state index in [2.05, 4.69) is 6.92 Å². The van der Waals surface area contributed by atoms with E-state index < -0.39 is 0 Å². The van der Waals surface area contributed by atoms with Crippen LogP contribution in [-0.4, -0.2) is 12.2 Å². The van der Waals surface area contributed by atoms with Crippen molar-refractivity contribution in [3.63, 3.8) is 0 Å². The Morgan fingerprint density at radius 1 is 1.15 bits per heavy atom. The monoisotopic (exact) mass is 180 g/mol. The van der Waals surface area contributed by atoms with Crippen LogP contribution >= 0.6 is 0 Å². The van der Waals surface area contributed by atoms with Crippen molar-refractivity contribution in [2.24, 2.45) is 11.3 Å². The van der Waals surface area contributed by atoms with Gasteiger partial charge in [0.05, 0.1) is 12.2 Å². The highest BCUT2D eigenvalue weighted by molar-refractivity contribution is 4.99. The maximum atomic E-state index is 5.96. The zero-order chi connectivity index (χ0) is 8.89. The standard InChI is InChI=1S/C12H20O/c1-12(6-2-3-7-12)10-8-9-4-5-11(10)13-9/h9-11H,2-8H2,1H3. The molecule has 74 valence electrons. The van der Waals surface area contributed by atoms with E-state index in [-0.39, 0.29) is 0 Å². The molecule has 1 nitrogen and oxygen atoms in total. The van der Waals surface area contributed by atoms with Gasteiger partial charge in [-0.2, -0.15) is 0 Å². The van der Waals surface area contributed by atoms with Crippen molar-refractivity contribution < 1.29 is 4.74 Å². The van der Waals surface area contributed by atoms with Crippen LogP contribution in [0.5, 0.6) is 0 Å². The largest absolute Gasteiger partial charge is 0.375 e. The molecule has 1 heteroatoms. The molecule has 0 spiro atoms. The zero-order valence-corrected chi connectivity index (χ0v) is 8.59. The van der Waals surface area contributed by atoms with Crippen molar-refractivity contribution in [1.82, 2.24) is 0 Å². The molecular weight excluding hydrogens is 160 g/mol. The molecule has 0 amide bonds. The Kier molecular flexibility index (Phi) is 1.74. The molecule has 3 rings (SSSR count). The molecule has 2 bridgehead atoms. The fourth-order valence-electron chi connectivity index (χ4n) is 3.92. The second kappa shape index (κ2) is 2.73. The lowest BCUT2D eigenvalue weighted by atomic mass is 9.69. The molecule has 0 aromatic heterocycles. The fraction of sp³-hybridized carbons (Fsp3) is 1.00. The van der Waals surface area contributed by atoms with Gasteiger partial charge < -0.3 is 4.74 Å². The third-order valence-corrected chi connectivity index (χ3v) is 4.75. The first-order valence-corrected chi connectivity index (χ1v) is 5.93. The summed E-state index contributed by atoms with van der Waals surface area (Å²) in [5.74, 6) is 0.911. The number of rotatable bonds is 1. The quantitative estimate of drug-likeness (QED) is 0.602. The first-order chi connectivity index (χ1) is 6.28. The average Bonchev–Trinajstić information content (AvgIpc) is 2.77. The number of ether oxygens (including phenoxy) is 1. The Morgan fingerprint density at radius 2 is 1.92 bits per heavy atom. The molecule has 0 aromatic rings. The molecular formula is C12H20O. The van der Waals surface area contributed by atoms with E-state index in [1.165, 1.54) is 44.9 Å². The Balaban J connectivity index is 1.78. The summed E-state index contributed by atoms with van der Waals surface area (Å²) in [7, 11) is 0. The van der Waals surface area contributed by atoms with Crippen LogP contribution in [0.1, 0.15) is 51.9 Å². The van der Waals surface area contributed by atoms with Crippen molar-refractivity contribution in [1.29, 1.82) is 0 Å². The third kappa shape index (κ3) is 1.16. The van der Waals surface area contributed by atoms with Crippen molar-refractivity contribution in [3.05, 3.63) is 0 Å². The summed E-state index contributed by atoms with van der Waals surface area (Å²) in [6, 6.07) is 0. The lowest BCUT2D eigenvalue weighted by Gasteiger charge is -2.35. The Bertz CT molecular complexity index is 205. The van der Waals surface area contributed by atoms with E-state index in [1.54, 1.807) is 0 Å². The highest BCUT2D eigenvalue weighted by atomic mass is 16.5. The lowest BCUT2D eigenvalue weighted by Crippen LogP contribution is -2.32. The average molecular weight is 180 g/mol. The van der Waals surface area contributed by atoms with Gasteiger partial charge in [-0.1, -0.05) is 19.8 Å². The molecule has 1 saturated carbocycles. The Morgan fingerprint density at radius 3 is 2.46 bits per heavy atom. The second-order valence-electron chi connectivity index (χ2n) is 5.58. The van der Waals surface area contributed by atoms with Crippen molar-refractivity contribution in [2.45, 2.75) is 64.1 Å². The molecule has 3 unspecified atom stereocenters. The molecule has 3 atom stereocenters. The Hall–Kier alpha value is -0.0400. The minimum absolute atomic E-state index is 0.646. The summed E-state index contributed by atoms with van der Waals surface area (Å²) < 4.78 is 5.96. The molecule has 13 heavy (non-hydrogen) atoms. The minimum atomic E-state index is 0.646. The highest BCUT2D eigenvalue weighted by Gasteiger charge is 2.49. The van der Waals surface area contributed by atoms with Gasteiger partial charge in [0.2, 0.25) is 0 Å². The maximum Gasteiger partial charge on any atom is 0.0614 e. The van der Waals surface area contributed by atoms with E-state index >= 15 is 0 Å². The lowest BCUT2D eigenvalue weighted by molar-refractivity contribution is 0.0591. The van der Waals surface area contributed by atoms with Crippen molar-refractivity contribution in [3.8, 4) is 0 Å². The molecule has 1 aliphatic carbocycles. The molecule has 2 saturated heterocycles. The normalized spacial score (nSPS) is 47.3. The van der Waals surface area contributed by atoms with E-state index in [9.17, 15) is 0 Å². The minimum Gasteiger partial charge on any atom is -0.375 e. The van der Waals surface area contributed by atoms with Gasteiger partial charge in [0.15, 0.2) is 0 Å². The van der Waals surface area contributed by atoms with E-state index in [1.807, 2.05) is 0 Å². The third-order valence-electron chi connectivity index (χ3n) is 4.75. The van der Waals surface area contributed by atoms with Gasteiger partial charge in [0.1, 0.15) is 0 Å². The van der Waals surface area contributed by atoms with Gasteiger partial charge in [-0.3, -0.25) is 0 Å². The zero-order valence-electron chi connectivity index (χ0n) is 8.59. The van der Waals surface area contributed by atoms with Crippen LogP contribution in [-0.2, 0) is 4.74 Å². The SMILES string of the molecule is CC1(C2CC3CCC2O3)CCCC1. The van der Waals surface area contributed by atoms with Crippen LogP contribution in [0.4, 0.5) is 0 Å². The second-order valence-corrected chi connectivity index (χ2v) is 5.58. The fourth-order valence-corrected chi connectivity index (χ4v) is 3.92. The molecule has 3 aliphatic rings. The molecule has 0 N–H and O–H groups in total. The van der Waals surface area contributed by atoms with Gasteiger partial charge in [-0.15, -0.1) is 0 Å². The maximum absolute atomic E-state index is 5.96. The topological polar surface area (TPSA) is 9.23 Å². The number of hydrogen-bond acceptors (Lipinski definition) is 1. The highest BCUT2D eigenvalue weighted by Crippen LogP contribution is 2.54. The van der Waals surface area contributed by atoms with Crippen LogP contribution in [0.3, 0.4) is 0 Å². The predicted molar refractivity (Wildman–Crippen MR) is 52.6 cm³/mol. The summed E-state index contributed by atoms with van der Waals surface area (Å²) in [6.45, 7) is 2.51. The van der Waals surface area contributed by atoms with Gasteiger partial charge in [-0.05, 0) is 43.4 Å². The predicted octanol–water partition coefficient (Wildman–Crippen LogP) is 3.13. The van der Waals surface area contributed by atoms with Gasteiger partial charge in [0, 0.05) is 0 Å². The van der Waals surface area contributed by atoms with Crippen LogP contribution in [0.15, 0.2) is 0 Å². The molecule has 3 fully saturated rings. The number of fused-ring (bicyclic) bond motifs is 2. The summed E-state index contributed by atoms with van der Waals surface area (Å²) >= 11 is 0. The van der Waals surface area contributed by atoms with Gasteiger partial charge in [0.25, 0.3) is 0 Å². The van der Waals surface area contributed by atoms with Crippen LogP contribution in [0, 0.1) is 11.3 Å². The van der Waals surface area contributed by atoms with Crippen LogP contribution < -0.4 is 0 Å². The summed E-state index contributed by atoms with van der Waals surface area (Å²) in [6.07, 6.45) is 11.2. The van der Waals surface area contributed by atoms with E-state index in [0.29, 0.717) is 17.6 Å². The first kappa shape index (κ1) is 8.28. The van der Waals surface area contributed by atoms with Gasteiger partial charge in [-0.25, -0.2) is 0 Å². The molecule has 0 radical (unpaired) electrons. The van der Waals surface area contributed by atoms with E-state index in [0.717, 1.165) is 5.92 Å². The molecule has 2 heterocycles.